The number of ether oxygens (including phenoxy) is 1. The Morgan fingerprint density at radius 3 is 2.50 bits per heavy atom. The molecule has 9 heteroatoms. The second kappa shape index (κ2) is 12.1. The highest BCUT2D eigenvalue weighted by Crippen LogP contribution is 2.29. The predicted octanol–water partition coefficient (Wildman–Crippen LogP) is 5.00. The SMILES string of the molecule is COc1cccc(N/C(SCc2cccc([N+](=O)[O-])c2)=C(/C#N)C(=O)NCc2ccccc2)c1. The molecule has 0 bridgehead atoms. The molecule has 0 aromatic heterocycles. The number of benzene rings is 3. The predicted molar refractivity (Wildman–Crippen MR) is 132 cm³/mol. The minimum atomic E-state index is -0.525. The first kappa shape index (κ1) is 24.4. The lowest BCUT2D eigenvalue weighted by Gasteiger charge is -2.14. The second-order valence-electron chi connectivity index (χ2n) is 7.06. The maximum atomic E-state index is 12.9. The summed E-state index contributed by atoms with van der Waals surface area (Å²) in [5.41, 5.74) is 2.11. The number of methoxy groups -OCH3 is 1. The van der Waals surface area contributed by atoms with Crippen LogP contribution >= 0.6 is 11.8 Å². The van der Waals surface area contributed by atoms with Gasteiger partial charge in [-0.2, -0.15) is 5.26 Å². The van der Waals surface area contributed by atoms with Crippen molar-refractivity contribution in [2.75, 3.05) is 12.4 Å². The number of carbonyl (C=O) groups is 1. The molecule has 1 amide bonds. The molecule has 3 rings (SSSR count). The second-order valence-corrected chi connectivity index (χ2v) is 8.04. The fourth-order valence-corrected chi connectivity index (χ4v) is 3.95. The minimum Gasteiger partial charge on any atom is -0.497 e. The van der Waals surface area contributed by atoms with Gasteiger partial charge in [-0.05, 0) is 23.3 Å². The van der Waals surface area contributed by atoms with E-state index in [1.54, 1.807) is 43.5 Å². The summed E-state index contributed by atoms with van der Waals surface area (Å²) in [4.78, 5) is 23.5. The van der Waals surface area contributed by atoms with Gasteiger partial charge in [-0.15, -0.1) is 11.8 Å². The van der Waals surface area contributed by atoms with Crippen LogP contribution in [0.5, 0.6) is 5.75 Å². The summed E-state index contributed by atoms with van der Waals surface area (Å²) in [6, 6.07) is 24.7. The Kier molecular flexibility index (Phi) is 8.66. The topological polar surface area (TPSA) is 117 Å². The third-order valence-corrected chi connectivity index (χ3v) is 5.77. The summed E-state index contributed by atoms with van der Waals surface area (Å²) in [6.07, 6.45) is 0. The first-order valence-corrected chi connectivity index (χ1v) is 11.2. The number of carbonyl (C=O) groups excluding carboxylic acids is 1. The normalized spacial score (nSPS) is 11.1. The van der Waals surface area contributed by atoms with Crippen molar-refractivity contribution in [1.29, 1.82) is 5.26 Å². The molecule has 0 saturated heterocycles. The van der Waals surface area contributed by atoms with E-state index in [2.05, 4.69) is 10.6 Å². The third-order valence-electron chi connectivity index (χ3n) is 4.69. The Bertz CT molecular complexity index is 1240. The van der Waals surface area contributed by atoms with Crippen molar-refractivity contribution in [1.82, 2.24) is 5.32 Å². The average Bonchev–Trinajstić information content (AvgIpc) is 2.87. The molecule has 8 nitrogen and oxygen atoms in total. The van der Waals surface area contributed by atoms with Gasteiger partial charge in [0, 0.05) is 36.2 Å². The van der Waals surface area contributed by atoms with Crippen LogP contribution in [0.3, 0.4) is 0 Å². The highest BCUT2D eigenvalue weighted by molar-refractivity contribution is 8.02. The van der Waals surface area contributed by atoms with Gasteiger partial charge in [0.05, 0.1) is 17.1 Å². The molecule has 0 heterocycles. The molecule has 0 spiro atoms. The smallest absolute Gasteiger partial charge is 0.269 e. The molecule has 3 aromatic rings. The van der Waals surface area contributed by atoms with Crippen LogP contribution in [0.1, 0.15) is 11.1 Å². The number of non-ortho nitro benzene ring substituents is 1. The van der Waals surface area contributed by atoms with Gasteiger partial charge in [0.15, 0.2) is 0 Å². The van der Waals surface area contributed by atoms with Crippen molar-refractivity contribution < 1.29 is 14.5 Å². The number of hydrogen-bond acceptors (Lipinski definition) is 7. The van der Waals surface area contributed by atoms with E-state index in [1.165, 1.54) is 23.9 Å². The van der Waals surface area contributed by atoms with E-state index in [0.29, 0.717) is 27.8 Å². The number of nitrogens with zero attached hydrogens (tertiary/aromatic N) is 2. The van der Waals surface area contributed by atoms with Gasteiger partial charge in [-0.3, -0.25) is 14.9 Å². The van der Waals surface area contributed by atoms with Crippen LogP contribution < -0.4 is 15.4 Å². The van der Waals surface area contributed by atoms with Crippen molar-refractivity contribution in [3.8, 4) is 11.8 Å². The van der Waals surface area contributed by atoms with Gasteiger partial charge < -0.3 is 15.4 Å². The number of nitro benzene ring substituents is 1. The molecular formula is C25H22N4O4S. The van der Waals surface area contributed by atoms with Crippen LogP contribution in [0, 0.1) is 21.4 Å². The number of nitrogens with one attached hydrogen (secondary N) is 2. The van der Waals surface area contributed by atoms with Crippen molar-refractivity contribution in [2.24, 2.45) is 0 Å². The Morgan fingerprint density at radius 2 is 1.79 bits per heavy atom. The maximum absolute atomic E-state index is 12.9. The quantitative estimate of drug-likeness (QED) is 0.184. The van der Waals surface area contributed by atoms with Crippen LogP contribution in [0.4, 0.5) is 11.4 Å². The molecule has 0 aliphatic rings. The number of thioether (sulfide) groups is 1. The molecule has 0 radical (unpaired) electrons. The van der Waals surface area contributed by atoms with Gasteiger partial charge in [0.2, 0.25) is 0 Å². The zero-order valence-electron chi connectivity index (χ0n) is 18.4. The van der Waals surface area contributed by atoms with Crippen LogP contribution in [0.15, 0.2) is 89.5 Å². The number of nitriles is 1. The Balaban J connectivity index is 1.86. The highest BCUT2D eigenvalue weighted by Gasteiger charge is 2.17. The van der Waals surface area contributed by atoms with E-state index in [1.807, 2.05) is 36.4 Å². The van der Waals surface area contributed by atoms with Gasteiger partial charge in [0.1, 0.15) is 17.4 Å². The Hall–Kier alpha value is -4.29. The summed E-state index contributed by atoms with van der Waals surface area (Å²) in [5.74, 6) is 0.397. The summed E-state index contributed by atoms with van der Waals surface area (Å²) < 4.78 is 5.25. The molecule has 34 heavy (non-hydrogen) atoms. The molecule has 0 aliphatic heterocycles. The van der Waals surface area contributed by atoms with Crippen molar-refractivity contribution >= 4 is 29.0 Å². The summed E-state index contributed by atoms with van der Waals surface area (Å²) in [6.45, 7) is 0.271. The van der Waals surface area contributed by atoms with E-state index in [0.717, 1.165) is 5.56 Å². The number of nitro groups is 1. The maximum Gasteiger partial charge on any atom is 0.269 e. The first-order chi connectivity index (χ1) is 16.5. The van der Waals surface area contributed by atoms with E-state index in [-0.39, 0.29) is 17.8 Å². The number of anilines is 1. The molecule has 0 atom stereocenters. The van der Waals surface area contributed by atoms with Gasteiger partial charge in [0.25, 0.3) is 11.6 Å². The van der Waals surface area contributed by atoms with Crippen molar-refractivity contribution in [3.63, 3.8) is 0 Å². The lowest BCUT2D eigenvalue weighted by atomic mass is 10.2. The molecular weight excluding hydrogens is 452 g/mol. The van der Waals surface area contributed by atoms with E-state index >= 15 is 0 Å². The van der Waals surface area contributed by atoms with E-state index < -0.39 is 10.8 Å². The monoisotopic (exact) mass is 474 g/mol. The van der Waals surface area contributed by atoms with Crippen LogP contribution in [-0.2, 0) is 17.1 Å². The van der Waals surface area contributed by atoms with Crippen molar-refractivity contribution in [3.05, 3.63) is 111 Å². The molecule has 3 aromatic carbocycles. The average molecular weight is 475 g/mol. The van der Waals surface area contributed by atoms with E-state index in [9.17, 15) is 20.2 Å². The lowest BCUT2D eigenvalue weighted by molar-refractivity contribution is -0.384. The summed E-state index contributed by atoms with van der Waals surface area (Å²) >= 11 is 1.21. The minimum absolute atomic E-state index is 0.0227. The fourth-order valence-electron chi connectivity index (χ4n) is 2.99. The molecule has 2 N–H and O–H groups in total. The molecule has 0 aliphatic carbocycles. The van der Waals surface area contributed by atoms with Gasteiger partial charge >= 0.3 is 0 Å². The number of rotatable bonds is 10. The standard InChI is InChI=1S/C25H22N4O4S/c1-33-22-12-6-10-20(14-22)28-25(34-17-19-9-5-11-21(13-19)29(31)32)23(15-26)24(30)27-16-18-7-3-2-4-8-18/h2-14,28H,16-17H2,1H3,(H,27,30)/b25-23+. The first-order valence-electron chi connectivity index (χ1n) is 10.2. The van der Waals surface area contributed by atoms with Crippen LogP contribution in [0.2, 0.25) is 0 Å². The third kappa shape index (κ3) is 6.85. The highest BCUT2D eigenvalue weighted by atomic mass is 32.2. The molecule has 0 unspecified atom stereocenters. The lowest BCUT2D eigenvalue weighted by Crippen LogP contribution is -2.25. The van der Waals surface area contributed by atoms with Crippen LogP contribution in [0.25, 0.3) is 0 Å². The molecule has 0 saturated carbocycles. The Labute approximate surface area is 201 Å². The number of hydrogen-bond donors (Lipinski definition) is 2. The van der Waals surface area contributed by atoms with Crippen LogP contribution in [-0.4, -0.2) is 17.9 Å². The summed E-state index contributed by atoms with van der Waals surface area (Å²) in [5, 5.41) is 27.2. The zero-order chi connectivity index (χ0) is 24.3. The molecule has 172 valence electrons. The molecule has 0 fully saturated rings. The van der Waals surface area contributed by atoms with Crippen molar-refractivity contribution in [2.45, 2.75) is 12.3 Å². The van der Waals surface area contributed by atoms with Gasteiger partial charge in [-0.25, -0.2) is 0 Å². The largest absolute Gasteiger partial charge is 0.497 e. The van der Waals surface area contributed by atoms with E-state index in [4.69, 9.17) is 4.74 Å². The number of amides is 1. The summed E-state index contributed by atoms with van der Waals surface area (Å²) in [7, 11) is 1.55. The fraction of sp³-hybridized carbons (Fsp3) is 0.120. The Morgan fingerprint density at radius 1 is 1.06 bits per heavy atom. The van der Waals surface area contributed by atoms with Gasteiger partial charge in [-0.1, -0.05) is 48.5 Å². The zero-order valence-corrected chi connectivity index (χ0v) is 19.2.